The van der Waals surface area contributed by atoms with Crippen molar-refractivity contribution in [2.24, 2.45) is 5.73 Å². The van der Waals surface area contributed by atoms with Gasteiger partial charge in [0.05, 0.1) is 0 Å². The highest BCUT2D eigenvalue weighted by Crippen LogP contribution is 2.26. The predicted molar refractivity (Wildman–Crippen MR) is 88.2 cm³/mol. The van der Waals surface area contributed by atoms with E-state index in [0.717, 1.165) is 37.2 Å². The monoisotopic (exact) mass is 301 g/mol. The zero-order valence-corrected chi connectivity index (χ0v) is 13.0. The molecule has 0 aliphatic carbocycles. The summed E-state index contributed by atoms with van der Waals surface area (Å²) in [5.41, 5.74) is 7.85. The highest BCUT2D eigenvalue weighted by Gasteiger charge is 2.15. The number of benzene rings is 1. The largest absolute Gasteiger partial charge is 0.328 e. The summed E-state index contributed by atoms with van der Waals surface area (Å²) in [5, 5.41) is 3.42. The molecule has 0 fully saturated rings. The van der Waals surface area contributed by atoms with Crippen LogP contribution in [0.3, 0.4) is 0 Å². The van der Waals surface area contributed by atoms with Crippen LogP contribution in [0.15, 0.2) is 48.7 Å². The van der Waals surface area contributed by atoms with Gasteiger partial charge in [-0.3, -0.25) is 4.98 Å². The van der Waals surface area contributed by atoms with Gasteiger partial charge in [-0.05, 0) is 62.7 Å². The lowest BCUT2D eigenvalue weighted by molar-refractivity contribution is 0.558. The number of halogens is 1. The van der Waals surface area contributed by atoms with E-state index >= 15 is 0 Å². The van der Waals surface area contributed by atoms with Crippen molar-refractivity contribution in [1.29, 1.82) is 0 Å². The van der Waals surface area contributed by atoms with Gasteiger partial charge in [-0.15, -0.1) is 0 Å². The molecule has 0 aliphatic heterocycles. The van der Waals surface area contributed by atoms with Gasteiger partial charge in [0.25, 0.3) is 0 Å². The third kappa shape index (κ3) is 5.20. The van der Waals surface area contributed by atoms with Crippen LogP contribution in [-0.2, 0) is 0 Å². The fourth-order valence-corrected chi connectivity index (χ4v) is 2.46. The van der Waals surface area contributed by atoms with Crippen LogP contribution in [0.2, 0.25) is 0 Å². The molecule has 1 heterocycles. The molecule has 118 valence electrons. The molecule has 3 N–H and O–H groups in total. The molecular weight excluding hydrogens is 277 g/mol. The van der Waals surface area contributed by atoms with Crippen LogP contribution >= 0.6 is 0 Å². The second kappa shape index (κ2) is 8.61. The molecule has 0 aliphatic rings. The normalized spacial score (nSPS) is 13.8. The zero-order chi connectivity index (χ0) is 15.8. The van der Waals surface area contributed by atoms with E-state index in [1.807, 2.05) is 37.3 Å². The number of rotatable bonds is 8. The Kier molecular flexibility index (Phi) is 6.49. The molecule has 3 nitrogen and oxygen atoms in total. The summed E-state index contributed by atoms with van der Waals surface area (Å²) in [4.78, 5) is 4.46. The van der Waals surface area contributed by atoms with Crippen LogP contribution in [-0.4, -0.2) is 24.1 Å². The molecule has 22 heavy (non-hydrogen) atoms. The van der Waals surface area contributed by atoms with Gasteiger partial charge in [0, 0.05) is 23.9 Å². The van der Waals surface area contributed by atoms with Crippen molar-refractivity contribution in [1.82, 2.24) is 10.3 Å². The zero-order valence-electron chi connectivity index (χ0n) is 13.0. The first-order valence-electron chi connectivity index (χ1n) is 7.79. The summed E-state index contributed by atoms with van der Waals surface area (Å²) in [6.45, 7) is 3.80. The van der Waals surface area contributed by atoms with Crippen LogP contribution in [0.1, 0.15) is 36.9 Å². The van der Waals surface area contributed by atoms with Crippen LogP contribution in [0.5, 0.6) is 0 Å². The van der Waals surface area contributed by atoms with Crippen molar-refractivity contribution in [3.05, 3.63) is 65.7 Å². The fourth-order valence-electron chi connectivity index (χ4n) is 2.46. The van der Waals surface area contributed by atoms with Crippen LogP contribution < -0.4 is 11.1 Å². The van der Waals surface area contributed by atoms with Gasteiger partial charge in [-0.25, -0.2) is 4.39 Å². The Bertz CT molecular complexity index is 540. The highest BCUT2D eigenvalue weighted by molar-refractivity contribution is 5.28. The van der Waals surface area contributed by atoms with Gasteiger partial charge in [0.15, 0.2) is 0 Å². The molecule has 0 radical (unpaired) electrons. The van der Waals surface area contributed by atoms with E-state index in [1.54, 1.807) is 6.20 Å². The quantitative estimate of drug-likeness (QED) is 0.737. The highest BCUT2D eigenvalue weighted by atomic mass is 19.1. The number of aromatic nitrogens is 1. The summed E-state index contributed by atoms with van der Waals surface area (Å²) < 4.78 is 13.1. The molecule has 1 aromatic carbocycles. The molecule has 0 spiro atoms. The second-order valence-electron chi connectivity index (χ2n) is 5.66. The maximum absolute atomic E-state index is 13.1. The van der Waals surface area contributed by atoms with E-state index in [2.05, 4.69) is 10.3 Å². The van der Waals surface area contributed by atoms with Gasteiger partial charge in [0.2, 0.25) is 0 Å². The molecular formula is C18H24FN3. The molecule has 0 amide bonds. The van der Waals surface area contributed by atoms with E-state index in [9.17, 15) is 4.39 Å². The van der Waals surface area contributed by atoms with E-state index in [1.165, 1.54) is 12.1 Å². The third-order valence-electron chi connectivity index (χ3n) is 3.70. The average Bonchev–Trinajstić information content (AvgIpc) is 2.53. The van der Waals surface area contributed by atoms with Crippen LogP contribution in [0, 0.1) is 5.82 Å². The molecule has 2 atom stereocenters. The number of hydrogen-bond donors (Lipinski definition) is 2. The lowest BCUT2D eigenvalue weighted by Crippen LogP contribution is -2.25. The van der Waals surface area contributed by atoms with Gasteiger partial charge >= 0.3 is 0 Å². The minimum atomic E-state index is -0.210. The smallest absolute Gasteiger partial charge is 0.123 e. The molecule has 2 rings (SSSR count). The summed E-state index contributed by atoms with van der Waals surface area (Å²) in [6, 6.07) is 12.8. The van der Waals surface area contributed by atoms with E-state index < -0.39 is 0 Å². The standard InChI is InChI=1S/C18H24FN3/c1-14(20)9-12-21-13-10-17(18-4-2-3-11-22-18)15-5-7-16(19)8-6-15/h2-8,11,14,17,21H,9-10,12-13,20H2,1H3. The second-order valence-corrected chi connectivity index (χ2v) is 5.66. The topological polar surface area (TPSA) is 50.9 Å². The molecule has 0 bridgehead atoms. The summed E-state index contributed by atoms with van der Waals surface area (Å²) in [7, 11) is 0. The first kappa shape index (κ1) is 16.6. The Hall–Kier alpha value is -1.78. The molecule has 0 saturated carbocycles. The maximum Gasteiger partial charge on any atom is 0.123 e. The predicted octanol–water partition coefficient (Wildman–Crippen LogP) is 3.07. The van der Waals surface area contributed by atoms with Gasteiger partial charge < -0.3 is 11.1 Å². The fraction of sp³-hybridized carbons (Fsp3) is 0.389. The Morgan fingerprint density at radius 2 is 1.82 bits per heavy atom. The van der Waals surface area contributed by atoms with E-state index in [-0.39, 0.29) is 17.8 Å². The van der Waals surface area contributed by atoms with Crippen molar-refractivity contribution in [3.8, 4) is 0 Å². The Morgan fingerprint density at radius 1 is 1.09 bits per heavy atom. The molecule has 0 saturated heterocycles. The first-order valence-corrected chi connectivity index (χ1v) is 7.79. The number of nitrogens with two attached hydrogens (primary N) is 1. The number of hydrogen-bond acceptors (Lipinski definition) is 3. The summed E-state index contributed by atoms with van der Waals surface area (Å²) >= 11 is 0. The molecule has 2 unspecified atom stereocenters. The molecule has 1 aromatic heterocycles. The average molecular weight is 301 g/mol. The lowest BCUT2D eigenvalue weighted by Gasteiger charge is -2.17. The van der Waals surface area contributed by atoms with Gasteiger partial charge in [-0.1, -0.05) is 18.2 Å². The first-order chi connectivity index (χ1) is 10.7. The summed E-state index contributed by atoms with van der Waals surface area (Å²) in [6.07, 6.45) is 3.68. The minimum absolute atomic E-state index is 0.171. The summed E-state index contributed by atoms with van der Waals surface area (Å²) in [5.74, 6) is -0.0387. The van der Waals surface area contributed by atoms with Gasteiger partial charge in [-0.2, -0.15) is 0 Å². The number of pyridine rings is 1. The maximum atomic E-state index is 13.1. The van der Waals surface area contributed by atoms with Crippen LogP contribution in [0.25, 0.3) is 0 Å². The lowest BCUT2D eigenvalue weighted by atomic mass is 9.92. The van der Waals surface area contributed by atoms with E-state index in [4.69, 9.17) is 5.73 Å². The van der Waals surface area contributed by atoms with Crippen molar-refractivity contribution >= 4 is 0 Å². The molecule has 2 aromatic rings. The van der Waals surface area contributed by atoms with Crippen molar-refractivity contribution in [3.63, 3.8) is 0 Å². The van der Waals surface area contributed by atoms with Crippen molar-refractivity contribution < 1.29 is 4.39 Å². The third-order valence-corrected chi connectivity index (χ3v) is 3.70. The SMILES string of the molecule is CC(N)CCNCCC(c1ccc(F)cc1)c1ccccn1. The van der Waals surface area contributed by atoms with Crippen LogP contribution in [0.4, 0.5) is 4.39 Å². The van der Waals surface area contributed by atoms with E-state index in [0.29, 0.717) is 0 Å². The minimum Gasteiger partial charge on any atom is -0.328 e. The molecule has 4 heteroatoms. The Balaban J connectivity index is 2.01. The number of nitrogens with one attached hydrogen (secondary N) is 1. The van der Waals surface area contributed by atoms with Crippen molar-refractivity contribution in [2.45, 2.75) is 31.7 Å². The Labute approximate surface area is 131 Å². The number of nitrogens with zero attached hydrogens (tertiary/aromatic N) is 1. The Morgan fingerprint density at radius 3 is 2.45 bits per heavy atom. The van der Waals surface area contributed by atoms with Gasteiger partial charge in [0.1, 0.15) is 5.82 Å². The van der Waals surface area contributed by atoms with Crippen molar-refractivity contribution in [2.75, 3.05) is 13.1 Å².